The highest BCUT2D eigenvalue weighted by molar-refractivity contribution is 5.95. The number of benzene rings is 1. The van der Waals surface area contributed by atoms with Gasteiger partial charge >= 0.3 is 12.8 Å². The SMILES string of the molecule is CC(NC(=O)c1cc(OC(F)F)cc(C(F)(F)F)c1)c1ncn(-c2ccc(F)cn2)n1. The summed E-state index contributed by atoms with van der Waals surface area (Å²) in [6.07, 6.45) is -2.67. The first kappa shape index (κ1) is 22.1. The Morgan fingerprint density at radius 3 is 2.52 bits per heavy atom. The van der Waals surface area contributed by atoms with E-state index in [4.69, 9.17) is 0 Å². The van der Waals surface area contributed by atoms with E-state index in [0.29, 0.717) is 12.1 Å². The topological polar surface area (TPSA) is 81.9 Å². The van der Waals surface area contributed by atoms with Gasteiger partial charge in [0.2, 0.25) is 0 Å². The molecule has 7 nitrogen and oxygen atoms in total. The first-order valence-electron chi connectivity index (χ1n) is 8.54. The van der Waals surface area contributed by atoms with E-state index in [2.05, 4.69) is 25.1 Å². The van der Waals surface area contributed by atoms with E-state index in [9.17, 15) is 31.1 Å². The van der Waals surface area contributed by atoms with Gasteiger partial charge in [-0.1, -0.05) is 0 Å². The van der Waals surface area contributed by atoms with Crippen molar-refractivity contribution in [2.45, 2.75) is 25.8 Å². The maximum atomic E-state index is 13.0. The number of ether oxygens (including phenoxy) is 1. The number of nitrogens with zero attached hydrogens (tertiary/aromatic N) is 4. The lowest BCUT2D eigenvalue weighted by molar-refractivity contribution is -0.138. The van der Waals surface area contributed by atoms with Gasteiger partial charge in [0.05, 0.1) is 17.8 Å². The van der Waals surface area contributed by atoms with Crippen LogP contribution < -0.4 is 10.1 Å². The second-order valence-corrected chi connectivity index (χ2v) is 6.20. The second kappa shape index (κ2) is 8.62. The van der Waals surface area contributed by atoms with Crippen molar-refractivity contribution in [1.82, 2.24) is 25.1 Å². The Kier molecular flexibility index (Phi) is 6.13. The van der Waals surface area contributed by atoms with Gasteiger partial charge < -0.3 is 10.1 Å². The maximum absolute atomic E-state index is 13.0. The molecular weight excluding hydrogens is 432 g/mol. The predicted octanol–water partition coefficient (Wildman–Crippen LogP) is 3.91. The van der Waals surface area contributed by atoms with Crippen molar-refractivity contribution >= 4 is 5.91 Å². The molecule has 0 aliphatic rings. The Labute approximate surface area is 170 Å². The summed E-state index contributed by atoms with van der Waals surface area (Å²) < 4.78 is 82.2. The number of halogens is 6. The molecule has 0 aliphatic heterocycles. The highest BCUT2D eigenvalue weighted by Crippen LogP contribution is 2.33. The predicted molar refractivity (Wildman–Crippen MR) is 93.1 cm³/mol. The molecule has 0 saturated carbocycles. The van der Waals surface area contributed by atoms with Gasteiger partial charge in [0, 0.05) is 5.56 Å². The lowest BCUT2D eigenvalue weighted by atomic mass is 10.1. The lowest BCUT2D eigenvalue weighted by Gasteiger charge is -2.14. The summed E-state index contributed by atoms with van der Waals surface area (Å²) in [6, 6.07) is 3.26. The molecule has 0 spiro atoms. The third-order valence-electron chi connectivity index (χ3n) is 3.91. The van der Waals surface area contributed by atoms with Crippen LogP contribution in [-0.2, 0) is 6.18 Å². The van der Waals surface area contributed by atoms with Crippen molar-refractivity contribution in [3.63, 3.8) is 0 Å². The van der Waals surface area contributed by atoms with Gasteiger partial charge in [-0.15, -0.1) is 5.10 Å². The highest BCUT2D eigenvalue weighted by atomic mass is 19.4. The van der Waals surface area contributed by atoms with Crippen LogP contribution in [0.1, 0.15) is 34.7 Å². The molecule has 13 heteroatoms. The zero-order valence-corrected chi connectivity index (χ0v) is 15.6. The summed E-state index contributed by atoms with van der Waals surface area (Å²) in [7, 11) is 0. The van der Waals surface area contributed by atoms with E-state index in [1.807, 2.05) is 0 Å². The smallest absolute Gasteiger partial charge is 0.416 e. The van der Waals surface area contributed by atoms with E-state index in [1.165, 1.54) is 24.0 Å². The van der Waals surface area contributed by atoms with Crippen molar-refractivity contribution in [2.75, 3.05) is 0 Å². The van der Waals surface area contributed by atoms with Crippen LogP contribution in [0, 0.1) is 5.82 Å². The first-order valence-corrected chi connectivity index (χ1v) is 8.54. The number of nitrogens with one attached hydrogen (secondary N) is 1. The summed E-state index contributed by atoms with van der Waals surface area (Å²) in [5.74, 6) is -2.04. The molecule has 3 aromatic rings. The Bertz CT molecular complexity index is 1070. The van der Waals surface area contributed by atoms with Gasteiger partial charge in [-0.3, -0.25) is 4.79 Å². The number of hydrogen-bond donors (Lipinski definition) is 1. The Morgan fingerprint density at radius 1 is 1.16 bits per heavy atom. The van der Waals surface area contributed by atoms with Crippen LogP contribution in [-0.4, -0.2) is 32.3 Å². The van der Waals surface area contributed by atoms with Crippen molar-refractivity contribution in [2.24, 2.45) is 0 Å². The minimum absolute atomic E-state index is 0.0792. The molecule has 164 valence electrons. The van der Waals surface area contributed by atoms with Gasteiger partial charge in [-0.05, 0) is 37.3 Å². The normalized spacial score (nSPS) is 12.6. The zero-order chi connectivity index (χ0) is 22.8. The number of carbonyl (C=O) groups excluding carboxylic acids is 1. The molecule has 0 radical (unpaired) electrons. The monoisotopic (exact) mass is 445 g/mol. The Morgan fingerprint density at radius 2 is 1.90 bits per heavy atom. The van der Waals surface area contributed by atoms with E-state index in [1.54, 1.807) is 0 Å². The van der Waals surface area contributed by atoms with Crippen molar-refractivity contribution < 1.29 is 35.9 Å². The van der Waals surface area contributed by atoms with E-state index < -0.39 is 47.4 Å². The molecule has 1 amide bonds. The van der Waals surface area contributed by atoms with Gasteiger partial charge in [-0.2, -0.15) is 22.0 Å². The van der Waals surface area contributed by atoms with Gasteiger partial charge in [0.1, 0.15) is 17.9 Å². The van der Waals surface area contributed by atoms with Gasteiger partial charge in [0.15, 0.2) is 11.6 Å². The molecule has 0 fully saturated rings. The number of aromatic nitrogens is 4. The van der Waals surface area contributed by atoms with Crippen LogP contribution in [0.4, 0.5) is 26.3 Å². The molecule has 3 rings (SSSR count). The molecule has 2 heterocycles. The lowest BCUT2D eigenvalue weighted by Crippen LogP contribution is -2.28. The van der Waals surface area contributed by atoms with Crippen LogP contribution in [0.25, 0.3) is 5.82 Å². The van der Waals surface area contributed by atoms with Gasteiger partial charge in [0.25, 0.3) is 5.91 Å². The number of carbonyl (C=O) groups is 1. The zero-order valence-electron chi connectivity index (χ0n) is 15.6. The van der Waals surface area contributed by atoms with Crippen LogP contribution >= 0.6 is 0 Å². The molecule has 1 atom stereocenters. The molecule has 1 N–H and O–H groups in total. The number of rotatable bonds is 6. The highest BCUT2D eigenvalue weighted by Gasteiger charge is 2.32. The van der Waals surface area contributed by atoms with Crippen LogP contribution in [0.5, 0.6) is 5.75 Å². The van der Waals surface area contributed by atoms with Crippen LogP contribution in [0.15, 0.2) is 42.9 Å². The largest absolute Gasteiger partial charge is 0.435 e. The number of pyridine rings is 1. The third-order valence-corrected chi connectivity index (χ3v) is 3.91. The fourth-order valence-electron chi connectivity index (χ4n) is 2.50. The molecule has 0 saturated heterocycles. The van der Waals surface area contributed by atoms with Crippen LogP contribution in [0.2, 0.25) is 0 Å². The van der Waals surface area contributed by atoms with Crippen molar-refractivity contribution in [3.8, 4) is 11.6 Å². The van der Waals surface area contributed by atoms with Crippen LogP contribution in [0.3, 0.4) is 0 Å². The van der Waals surface area contributed by atoms with E-state index >= 15 is 0 Å². The van der Waals surface area contributed by atoms with Gasteiger partial charge in [-0.25, -0.2) is 19.0 Å². The van der Waals surface area contributed by atoms with Crippen molar-refractivity contribution in [3.05, 3.63) is 65.6 Å². The average molecular weight is 445 g/mol. The molecule has 1 unspecified atom stereocenters. The fraction of sp³-hybridized carbons (Fsp3) is 0.222. The average Bonchev–Trinajstić information content (AvgIpc) is 3.17. The molecule has 31 heavy (non-hydrogen) atoms. The maximum Gasteiger partial charge on any atom is 0.416 e. The number of alkyl halides is 5. The Hall–Kier alpha value is -3.64. The van der Waals surface area contributed by atoms with E-state index in [0.717, 1.165) is 18.3 Å². The Balaban J connectivity index is 1.80. The third kappa shape index (κ3) is 5.49. The molecule has 2 aromatic heterocycles. The summed E-state index contributed by atoms with van der Waals surface area (Å²) in [5.41, 5.74) is -1.87. The second-order valence-electron chi connectivity index (χ2n) is 6.20. The molecule has 1 aromatic carbocycles. The summed E-state index contributed by atoms with van der Waals surface area (Å²) in [5, 5.41) is 6.45. The summed E-state index contributed by atoms with van der Waals surface area (Å²) in [4.78, 5) is 20.2. The number of hydrogen-bond acceptors (Lipinski definition) is 5. The summed E-state index contributed by atoms with van der Waals surface area (Å²) in [6.45, 7) is -1.91. The fourth-order valence-corrected chi connectivity index (χ4v) is 2.50. The summed E-state index contributed by atoms with van der Waals surface area (Å²) >= 11 is 0. The molecule has 0 bridgehead atoms. The minimum atomic E-state index is -4.88. The molecule has 0 aliphatic carbocycles. The van der Waals surface area contributed by atoms with Crippen molar-refractivity contribution in [1.29, 1.82) is 0 Å². The van der Waals surface area contributed by atoms with E-state index in [-0.39, 0.29) is 11.6 Å². The number of amides is 1. The standard InChI is InChI=1S/C18H13F6N5O2/c1-9(15-26-8-29(28-15)14-3-2-12(19)7-25-14)27-16(30)10-4-11(18(22,23)24)6-13(5-10)31-17(20)21/h2-9,17H,1H3,(H,27,30). The quantitative estimate of drug-likeness (QED) is 0.582. The molecular formula is C18H13F6N5O2. The first-order chi connectivity index (χ1) is 14.5. The minimum Gasteiger partial charge on any atom is -0.435 e.